The first-order valence-corrected chi connectivity index (χ1v) is 9.67. The highest BCUT2D eigenvalue weighted by Gasteiger charge is 2.25. The molecule has 1 fully saturated rings. The van der Waals surface area contributed by atoms with E-state index in [1.165, 1.54) is 0 Å². The molecule has 2 aliphatic rings. The molecule has 0 bridgehead atoms. The fraction of sp³-hybridized carbons (Fsp3) is 0.300. The predicted octanol–water partition coefficient (Wildman–Crippen LogP) is 2.95. The Bertz CT molecular complexity index is 944. The third-order valence-electron chi connectivity index (χ3n) is 4.47. The SMILES string of the molecule is COc1ccc(C2=N/C(=C/c3ccc(N4CCOCC4)s3)C(=O)O2)cc1OC. The Hall–Kier alpha value is -2.84. The monoisotopic (exact) mass is 400 g/mol. The molecule has 8 heteroatoms. The minimum Gasteiger partial charge on any atom is -0.493 e. The number of anilines is 1. The first kappa shape index (κ1) is 18.5. The zero-order valence-electron chi connectivity index (χ0n) is 15.6. The van der Waals surface area contributed by atoms with Gasteiger partial charge in [-0.05, 0) is 36.4 Å². The van der Waals surface area contributed by atoms with Crippen LogP contribution >= 0.6 is 11.3 Å². The maximum Gasteiger partial charge on any atom is 0.363 e. The van der Waals surface area contributed by atoms with E-state index in [1.54, 1.807) is 49.8 Å². The van der Waals surface area contributed by atoms with Gasteiger partial charge in [0.15, 0.2) is 17.2 Å². The molecule has 0 spiro atoms. The van der Waals surface area contributed by atoms with Crippen molar-refractivity contribution in [3.63, 3.8) is 0 Å². The smallest absolute Gasteiger partial charge is 0.363 e. The second-order valence-electron chi connectivity index (χ2n) is 6.18. The number of ether oxygens (including phenoxy) is 4. The van der Waals surface area contributed by atoms with E-state index in [0.29, 0.717) is 17.1 Å². The van der Waals surface area contributed by atoms with Crippen LogP contribution in [0.15, 0.2) is 41.0 Å². The summed E-state index contributed by atoms with van der Waals surface area (Å²) in [7, 11) is 3.12. The van der Waals surface area contributed by atoms with Gasteiger partial charge in [0.2, 0.25) is 5.90 Å². The van der Waals surface area contributed by atoms with Gasteiger partial charge in [-0.25, -0.2) is 9.79 Å². The number of nitrogens with zero attached hydrogens (tertiary/aromatic N) is 2. The molecule has 28 heavy (non-hydrogen) atoms. The quantitative estimate of drug-likeness (QED) is 0.568. The molecule has 0 saturated carbocycles. The molecule has 146 valence electrons. The van der Waals surface area contributed by atoms with Crippen LogP contribution in [-0.2, 0) is 14.3 Å². The molecular weight excluding hydrogens is 380 g/mol. The summed E-state index contributed by atoms with van der Waals surface area (Å²) in [6, 6.07) is 9.30. The van der Waals surface area contributed by atoms with Crippen molar-refractivity contribution >= 4 is 34.3 Å². The Morgan fingerprint density at radius 3 is 2.64 bits per heavy atom. The van der Waals surface area contributed by atoms with E-state index < -0.39 is 5.97 Å². The number of cyclic esters (lactones) is 1. The van der Waals surface area contributed by atoms with Crippen molar-refractivity contribution in [1.29, 1.82) is 0 Å². The fourth-order valence-electron chi connectivity index (χ4n) is 3.01. The second kappa shape index (κ2) is 8.04. The van der Waals surface area contributed by atoms with Gasteiger partial charge < -0.3 is 23.8 Å². The number of morpholine rings is 1. The molecule has 1 aromatic heterocycles. The summed E-state index contributed by atoms with van der Waals surface area (Å²) in [5, 5.41) is 1.16. The molecule has 2 aromatic rings. The summed E-state index contributed by atoms with van der Waals surface area (Å²) in [6.07, 6.45) is 1.75. The average Bonchev–Trinajstić information content (AvgIpc) is 3.35. The van der Waals surface area contributed by atoms with Gasteiger partial charge in [0.1, 0.15) is 0 Å². The van der Waals surface area contributed by atoms with Gasteiger partial charge in [0, 0.05) is 23.5 Å². The molecule has 1 aromatic carbocycles. The lowest BCUT2D eigenvalue weighted by molar-refractivity contribution is -0.129. The summed E-state index contributed by atoms with van der Waals surface area (Å²) in [6.45, 7) is 3.22. The van der Waals surface area contributed by atoms with Gasteiger partial charge in [-0.2, -0.15) is 0 Å². The predicted molar refractivity (Wildman–Crippen MR) is 108 cm³/mol. The standard InChI is InChI=1S/C20H20N2O5S/c1-24-16-5-3-13(11-17(16)25-2)19-21-15(20(23)27-19)12-14-4-6-18(28-14)22-7-9-26-10-8-22/h3-6,11-12H,7-10H2,1-2H3/b15-12+. The number of rotatable bonds is 5. The van der Waals surface area contributed by atoms with Crippen LogP contribution in [0.2, 0.25) is 0 Å². The maximum atomic E-state index is 12.3. The van der Waals surface area contributed by atoms with E-state index in [9.17, 15) is 4.79 Å². The van der Waals surface area contributed by atoms with Crippen LogP contribution in [0.3, 0.4) is 0 Å². The number of aliphatic imine (C=N–C) groups is 1. The van der Waals surface area contributed by atoms with Gasteiger partial charge in [0.05, 0.1) is 32.4 Å². The lowest BCUT2D eigenvalue weighted by Crippen LogP contribution is -2.35. The van der Waals surface area contributed by atoms with Gasteiger partial charge in [0.25, 0.3) is 0 Å². The van der Waals surface area contributed by atoms with Crippen LogP contribution in [0.25, 0.3) is 6.08 Å². The van der Waals surface area contributed by atoms with Crippen molar-refractivity contribution in [2.24, 2.45) is 4.99 Å². The van der Waals surface area contributed by atoms with E-state index in [4.69, 9.17) is 18.9 Å². The van der Waals surface area contributed by atoms with Crippen LogP contribution in [0.4, 0.5) is 5.00 Å². The maximum absolute atomic E-state index is 12.3. The minimum absolute atomic E-state index is 0.252. The third kappa shape index (κ3) is 3.74. The van der Waals surface area contributed by atoms with Crippen molar-refractivity contribution in [3.05, 3.63) is 46.5 Å². The largest absolute Gasteiger partial charge is 0.493 e. The Morgan fingerprint density at radius 1 is 1.11 bits per heavy atom. The van der Waals surface area contributed by atoms with Gasteiger partial charge in [-0.1, -0.05) is 0 Å². The Balaban J connectivity index is 1.56. The fourth-order valence-corrected chi connectivity index (χ4v) is 4.01. The van der Waals surface area contributed by atoms with Gasteiger partial charge in [-0.15, -0.1) is 11.3 Å². The van der Waals surface area contributed by atoms with E-state index in [1.807, 2.05) is 6.07 Å². The number of thiophene rings is 1. The van der Waals surface area contributed by atoms with Crippen molar-refractivity contribution in [3.8, 4) is 11.5 Å². The van der Waals surface area contributed by atoms with Crippen molar-refractivity contribution in [1.82, 2.24) is 0 Å². The van der Waals surface area contributed by atoms with Crippen molar-refractivity contribution < 1.29 is 23.7 Å². The zero-order chi connectivity index (χ0) is 19.5. The molecule has 0 N–H and O–H groups in total. The van der Waals surface area contributed by atoms with E-state index in [2.05, 4.69) is 16.0 Å². The average molecular weight is 400 g/mol. The summed E-state index contributed by atoms with van der Waals surface area (Å²) < 4.78 is 21.3. The summed E-state index contributed by atoms with van der Waals surface area (Å²) in [4.78, 5) is 19.9. The lowest BCUT2D eigenvalue weighted by Gasteiger charge is -2.27. The van der Waals surface area contributed by atoms with Crippen LogP contribution in [0.1, 0.15) is 10.4 Å². The normalized spacial score (nSPS) is 18.2. The Morgan fingerprint density at radius 2 is 1.89 bits per heavy atom. The number of methoxy groups -OCH3 is 2. The zero-order valence-corrected chi connectivity index (χ0v) is 16.5. The number of benzene rings is 1. The van der Waals surface area contributed by atoms with Crippen LogP contribution in [0, 0.1) is 0 Å². The molecule has 0 radical (unpaired) electrons. The van der Waals surface area contributed by atoms with Crippen LogP contribution < -0.4 is 14.4 Å². The molecule has 4 rings (SSSR count). The van der Waals surface area contributed by atoms with E-state index in [0.717, 1.165) is 36.2 Å². The highest BCUT2D eigenvalue weighted by atomic mass is 32.1. The Labute approximate surface area is 166 Å². The molecular formula is C20H20N2O5S. The first-order valence-electron chi connectivity index (χ1n) is 8.85. The Kier molecular flexibility index (Phi) is 5.31. The molecule has 0 aliphatic carbocycles. The molecule has 2 aliphatic heterocycles. The summed E-state index contributed by atoms with van der Waals surface area (Å²) >= 11 is 1.62. The molecule has 3 heterocycles. The summed E-state index contributed by atoms with van der Waals surface area (Å²) in [5.41, 5.74) is 0.926. The van der Waals surface area contributed by atoms with Crippen molar-refractivity contribution in [2.45, 2.75) is 0 Å². The highest BCUT2D eigenvalue weighted by Crippen LogP contribution is 2.31. The molecule has 0 atom stereocenters. The van der Waals surface area contributed by atoms with Crippen LogP contribution in [-0.4, -0.2) is 52.4 Å². The minimum atomic E-state index is -0.467. The lowest BCUT2D eigenvalue weighted by atomic mass is 10.2. The van der Waals surface area contributed by atoms with Gasteiger partial charge in [-0.3, -0.25) is 0 Å². The second-order valence-corrected chi connectivity index (χ2v) is 7.28. The number of hydrogen-bond donors (Lipinski definition) is 0. The van der Waals surface area contributed by atoms with Crippen molar-refractivity contribution in [2.75, 3.05) is 45.4 Å². The topological polar surface area (TPSA) is 69.6 Å². The number of esters is 1. The first-order chi connectivity index (χ1) is 13.7. The number of carbonyl (C=O) groups is 1. The third-order valence-corrected chi connectivity index (χ3v) is 5.56. The molecule has 0 unspecified atom stereocenters. The number of hydrogen-bond acceptors (Lipinski definition) is 8. The highest BCUT2D eigenvalue weighted by molar-refractivity contribution is 7.16. The number of carbonyl (C=O) groups excluding carboxylic acids is 1. The van der Waals surface area contributed by atoms with E-state index >= 15 is 0 Å². The molecule has 1 saturated heterocycles. The molecule has 7 nitrogen and oxygen atoms in total. The summed E-state index contributed by atoms with van der Waals surface area (Å²) in [5.74, 6) is 0.930. The van der Waals surface area contributed by atoms with Crippen LogP contribution in [0.5, 0.6) is 11.5 Å². The molecule has 0 amide bonds. The van der Waals surface area contributed by atoms with E-state index in [-0.39, 0.29) is 11.6 Å². The van der Waals surface area contributed by atoms with Gasteiger partial charge >= 0.3 is 5.97 Å².